The summed E-state index contributed by atoms with van der Waals surface area (Å²) in [7, 11) is 0. The van der Waals surface area contributed by atoms with E-state index in [0.29, 0.717) is 12.3 Å². The van der Waals surface area contributed by atoms with Gasteiger partial charge in [0.1, 0.15) is 0 Å². The van der Waals surface area contributed by atoms with E-state index in [4.69, 9.17) is 0 Å². The number of halogens is 1. The summed E-state index contributed by atoms with van der Waals surface area (Å²) in [5, 5.41) is 1.03. The molecule has 0 aliphatic heterocycles. The van der Waals surface area contributed by atoms with Crippen molar-refractivity contribution in [1.29, 1.82) is 0 Å². The quantitative estimate of drug-likeness (QED) is 0.586. The Morgan fingerprint density at radius 3 is 2.70 bits per heavy atom. The molecule has 20 heavy (non-hydrogen) atoms. The molecule has 0 atom stereocenters. The first-order valence-corrected chi connectivity index (χ1v) is 8.34. The Labute approximate surface area is 128 Å². The molecule has 1 fully saturated rings. The third kappa shape index (κ3) is 2.83. The van der Waals surface area contributed by atoms with Crippen LogP contribution in [0.1, 0.15) is 55.3 Å². The van der Waals surface area contributed by atoms with Crippen LogP contribution in [0.3, 0.4) is 0 Å². The summed E-state index contributed by atoms with van der Waals surface area (Å²) in [6.45, 7) is 0. The van der Waals surface area contributed by atoms with Gasteiger partial charge >= 0.3 is 0 Å². The molecule has 106 valence electrons. The van der Waals surface area contributed by atoms with Crippen LogP contribution < -0.4 is 0 Å². The SMILES string of the molecule is O=C(CC1CCCCCC1)c1c[nH]c2cccc(Br)c12. The molecular formula is C17H20BrNO. The highest BCUT2D eigenvalue weighted by atomic mass is 79.9. The van der Waals surface area contributed by atoms with Gasteiger partial charge in [0, 0.05) is 33.6 Å². The highest BCUT2D eigenvalue weighted by molar-refractivity contribution is 9.10. The fourth-order valence-electron chi connectivity index (χ4n) is 3.30. The molecule has 3 heteroatoms. The Morgan fingerprint density at radius 2 is 1.95 bits per heavy atom. The number of hydrogen-bond donors (Lipinski definition) is 1. The zero-order valence-corrected chi connectivity index (χ0v) is 13.2. The molecule has 2 aromatic rings. The summed E-state index contributed by atoms with van der Waals surface area (Å²) in [5.74, 6) is 0.868. The van der Waals surface area contributed by atoms with Crippen molar-refractivity contribution in [3.63, 3.8) is 0 Å². The van der Waals surface area contributed by atoms with Gasteiger partial charge in [-0.15, -0.1) is 0 Å². The van der Waals surface area contributed by atoms with Gasteiger partial charge in [0.25, 0.3) is 0 Å². The van der Waals surface area contributed by atoms with Crippen LogP contribution in [0.25, 0.3) is 10.9 Å². The molecule has 1 aliphatic rings. The molecule has 1 saturated carbocycles. The average molecular weight is 334 g/mol. The van der Waals surface area contributed by atoms with E-state index >= 15 is 0 Å². The molecule has 1 N–H and O–H groups in total. The highest BCUT2D eigenvalue weighted by Crippen LogP contribution is 2.31. The largest absolute Gasteiger partial charge is 0.360 e. The van der Waals surface area contributed by atoms with Gasteiger partial charge in [0.15, 0.2) is 5.78 Å². The second-order valence-electron chi connectivity index (χ2n) is 5.85. The normalized spacial score (nSPS) is 17.2. The van der Waals surface area contributed by atoms with E-state index in [0.717, 1.165) is 20.9 Å². The molecule has 0 saturated heterocycles. The molecule has 0 bridgehead atoms. The molecule has 3 rings (SSSR count). The van der Waals surface area contributed by atoms with Gasteiger partial charge in [0.05, 0.1) is 0 Å². The summed E-state index contributed by atoms with van der Waals surface area (Å²) >= 11 is 3.56. The third-order valence-electron chi connectivity index (χ3n) is 4.40. The highest BCUT2D eigenvalue weighted by Gasteiger charge is 2.20. The van der Waals surface area contributed by atoms with Gasteiger partial charge in [0.2, 0.25) is 0 Å². The number of nitrogens with one attached hydrogen (secondary N) is 1. The van der Waals surface area contributed by atoms with Crippen molar-refractivity contribution < 1.29 is 4.79 Å². The molecular weight excluding hydrogens is 314 g/mol. The first kappa shape index (κ1) is 13.9. The number of ketones is 1. The van der Waals surface area contributed by atoms with Crippen LogP contribution in [-0.2, 0) is 0 Å². The predicted molar refractivity (Wildman–Crippen MR) is 86.1 cm³/mol. The Hall–Kier alpha value is -1.09. The number of carbonyl (C=O) groups excluding carboxylic acids is 1. The number of aromatic amines is 1. The molecule has 0 amide bonds. The Balaban J connectivity index is 1.81. The van der Waals surface area contributed by atoms with Gasteiger partial charge in [-0.25, -0.2) is 0 Å². The fourth-order valence-corrected chi connectivity index (χ4v) is 3.88. The van der Waals surface area contributed by atoms with Gasteiger partial charge in [-0.1, -0.05) is 60.5 Å². The molecule has 1 aromatic carbocycles. The maximum atomic E-state index is 12.6. The lowest BCUT2D eigenvalue weighted by atomic mass is 9.92. The lowest BCUT2D eigenvalue weighted by Gasteiger charge is -2.12. The third-order valence-corrected chi connectivity index (χ3v) is 5.07. The van der Waals surface area contributed by atoms with Gasteiger partial charge in [-0.3, -0.25) is 4.79 Å². The first-order valence-electron chi connectivity index (χ1n) is 7.54. The summed E-state index contributed by atoms with van der Waals surface area (Å²) in [6, 6.07) is 6.00. The standard InChI is InChI=1S/C17H20BrNO/c18-14-8-5-9-15-17(14)13(11-19-15)16(20)10-12-6-3-1-2-4-7-12/h5,8-9,11-12,19H,1-4,6-7,10H2. The van der Waals surface area contributed by atoms with Crippen LogP contribution in [-0.4, -0.2) is 10.8 Å². The molecule has 1 aliphatic carbocycles. The van der Waals surface area contributed by atoms with Crippen LogP contribution in [0, 0.1) is 5.92 Å². The lowest BCUT2D eigenvalue weighted by molar-refractivity contribution is 0.0958. The van der Waals surface area contributed by atoms with E-state index in [-0.39, 0.29) is 5.78 Å². The van der Waals surface area contributed by atoms with Gasteiger partial charge in [-0.05, 0) is 18.1 Å². The second kappa shape index (κ2) is 6.13. The van der Waals surface area contributed by atoms with E-state index < -0.39 is 0 Å². The van der Waals surface area contributed by atoms with E-state index in [1.54, 1.807) is 0 Å². The predicted octanol–water partition coefficient (Wildman–Crippen LogP) is 5.47. The minimum Gasteiger partial charge on any atom is -0.360 e. The van der Waals surface area contributed by atoms with Crippen molar-refractivity contribution in [3.8, 4) is 0 Å². The summed E-state index contributed by atoms with van der Waals surface area (Å²) in [6.07, 6.45) is 10.3. The molecule has 0 spiro atoms. The maximum Gasteiger partial charge on any atom is 0.165 e. The van der Waals surface area contributed by atoms with Crippen LogP contribution in [0.15, 0.2) is 28.9 Å². The molecule has 1 aromatic heterocycles. The lowest BCUT2D eigenvalue weighted by Crippen LogP contribution is -2.08. The van der Waals surface area contributed by atoms with Crippen molar-refractivity contribution in [3.05, 3.63) is 34.4 Å². The van der Waals surface area contributed by atoms with Gasteiger partial charge < -0.3 is 4.98 Å². The van der Waals surface area contributed by atoms with Crippen LogP contribution in [0.2, 0.25) is 0 Å². The molecule has 2 nitrogen and oxygen atoms in total. The Kier molecular flexibility index (Phi) is 4.25. The van der Waals surface area contributed by atoms with Crippen molar-refractivity contribution in [2.45, 2.75) is 44.9 Å². The number of rotatable bonds is 3. The van der Waals surface area contributed by atoms with E-state index in [9.17, 15) is 4.79 Å². The van der Waals surface area contributed by atoms with Crippen molar-refractivity contribution in [1.82, 2.24) is 4.98 Å². The maximum absolute atomic E-state index is 12.6. The Bertz CT molecular complexity index is 608. The number of fused-ring (bicyclic) bond motifs is 1. The van der Waals surface area contributed by atoms with Crippen LogP contribution in [0.5, 0.6) is 0 Å². The average Bonchev–Trinajstić information content (AvgIpc) is 2.72. The van der Waals surface area contributed by atoms with E-state index in [1.807, 2.05) is 24.4 Å². The topological polar surface area (TPSA) is 32.9 Å². The number of aromatic nitrogens is 1. The molecule has 0 unspecified atom stereocenters. The summed E-state index contributed by atoms with van der Waals surface area (Å²) < 4.78 is 1.00. The number of H-pyrrole nitrogens is 1. The number of Topliss-reactive ketones (excluding diaryl/α,β-unsaturated/α-hetero) is 1. The summed E-state index contributed by atoms with van der Waals surface area (Å²) in [4.78, 5) is 15.8. The minimum atomic E-state index is 0.287. The van der Waals surface area contributed by atoms with Gasteiger partial charge in [-0.2, -0.15) is 0 Å². The molecule has 1 heterocycles. The summed E-state index contributed by atoms with van der Waals surface area (Å²) in [5.41, 5.74) is 1.88. The van der Waals surface area contributed by atoms with E-state index in [1.165, 1.54) is 38.5 Å². The zero-order chi connectivity index (χ0) is 13.9. The van der Waals surface area contributed by atoms with Crippen LogP contribution >= 0.6 is 15.9 Å². The van der Waals surface area contributed by atoms with Crippen molar-refractivity contribution in [2.24, 2.45) is 5.92 Å². The Morgan fingerprint density at radius 1 is 1.20 bits per heavy atom. The number of benzene rings is 1. The van der Waals surface area contributed by atoms with Crippen LogP contribution in [0.4, 0.5) is 0 Å². The zero-order valence-electron chi connectivity index (χ0n) is 11.6. The monoisotopic (exact) mass is 333 g/mol. The second-order valence-corrected chi connectivity index (χ2v) is 6.70. The smallest absolute Gasteiger partial charge is 0.165 e. The van der Waals surface area contributed by atoms with Crippen molar-refractivity contribution >= 4 is 32.6 Å². The van der Waals surface area contributed by atoms with Crippen molar-refractivity contribution in [2.75, 3.05) is 0 Å². The number of carbonyl (C=O) groups is 1. The fraction of sp³-hybridized carbons (Fsp3) is 0.471. The minimum absolute atomic E-state index is 0.287. The molecule has 0 radical (unpaired) electrons. The number of hydrogen-bond acceptors (Lipinski definition) is 1. The first-order chi connectivity index (χ1) is 9.75. The van der Waals surface area contributed by atoms with E-state index in [2.05, 4.69) is 20.9 Å².